The summed E-state index contributed by atoms with van der Waals surface area (Å²) in [5.74, 6) is 0.956. The zero-order chi connectivity index (χ0) is 13.2. The summed E-state index contributed by atoms with van der Waals surface area (Å²) in [6.07, 6.45) is 10.6. The van der Waals surface area contributed by atoms with Crippen LogP contribution in [0.4, 0.5) is 0 Å². The first-order chi connectivity index (χ1) is 9.26. The van der Waals surface area contributed by atoms with E-state index >= 15 is 0 Å². The van der Waals surface area contributed by atoms with Crippen molar-refractivity contribution in [2.75, 3.05) is 0 Å². The summed E-state index contributed by atoms with van der Waals surface area (Å²) >= 11 is 0. The van der Waals surface area contributed by atoms with Crippen LogP contribution in [0.25, 0.3) is 0 Å². The minimum atomic E-state index is 0.0886. The van der Waals surface area contributed by atoms with Gasteiger partial charge in [0.05, 0.1) is 6.61 Å². The van der Waals surface area contributed by atoms with Gasteiger partial charge >= 0.3 is 0 Å². The first kappa shape index (κ1) is 12.2. The summed E-state index contributed by atoms with van der Waals surface area (Å²) < 4.78 is 6.02. The third-order valence-electron chi connectivity index (χ3n) is 3.69. The van der Waals surface area contributed by atoms with Gasteiger partial charge in [0.1, 0.15) is 11.9 Å². The largest absolute Gasteiger partial charge is 0.485 e. The van der Waals surface area contributed by atoms with E-state index in [9.17, 15) is 5.11 Å². The molecule has 1 unspecified atom stereocenters. The summed E-state index contributed by atoms with van der Waals surface area (Å²) in [5, 5.41) is 9.18. The van der Waals surface area contributed by atoms with Crippen LogP contribution in [0.15, 0.2) is 53.6 Å². The third-order valence-corrected chi connectivity index (χ3v) is 3.69. The molecule has 0 radical (unpaired) electrons. The Bertz CT molecular complexity index is 579. The maximum atomic E-state index is 9.18. The standard InChI is InChI=1S/C17H18O2/c1-12-3-2-4-14(7-5-12)17-10-15-9-13(11-18)6-8-16(15)19-17/h2-3,5-9,17-18H,4,10-11H2,1H3. The fraction of sp³-hybridized carbons (Fsp3) is 0.294. The van der Waals surface area contributed by atoms with Gasteiger partial charge in [-0.25, -0.2) is 0 Å². The van der Waals surface area contributed by atoms with Crippen LogP contribution in [0.5, 0.6) is 5.75 Å². The lowest BCUT2D eigenvalue weighted by atomic mass is 10.00. The van der Waals surface area contributed by atoms with Gasteiger partial charge in [-0.2, -0.15) is 0 Å². The van der Waals surface area contributed by atoms with Gasteiger partial charge in [-0.1, -0.05) is 35.9 Å². The van der Waals surface area contributed by atoms with E-state index < -0.39 is 0 Å². The Hall–Kier alpha value is -1.80. The van der Waals surface area contributed by atoms with E-state index in [2.05, 4.69) is 31.2 Å². The van der Waals surface area contributed by atoms with E-state index in [1.807, 2.05) is 18.2 Å². The number of allylic oxidation sites excluding steroid dienone is 5. The topological polar surface area (TPSA) is 29.5 Å². The highest BCUT2D eigenvalue weighted by Gasteiger charge is 2.25. The Balaban J connectivity index is 1.82. The van der Waals surface area contributed by atoms with Crippen molar-refractivity contribution < 1.29 is 9.84 Å². The molecule has 98 valence electrons. The summed E-state index contributed by atoms with van der Waals surface area (Å²) in [4.78, 5) is 0. The minimum absolute atomic E-state index is 0.0886. The number of aliphatic hydroxyl groups is 1. The molecule has 0 saturated carbocycles. The van der Waals surface area contributed by atoms with Crippen LogP contribution in [0, 0.1) is 0 Å². The molecule has 0 bridgehead atoms. The lowest BCUT2D eigenvalue weighted by molar-refractivity contribution is 0.267. The van der Waals surface area contributed by atoms with E-state index in [1.165, 1.54) is 16.7 Å². The van der Waals surface area contributed by atoms with Crippen LogP contribution in [-0.2, 0) is 13.0 Å². The zero-order valence-corrected chi connectivity index (χ0v) is 11.1. The Morgan fingerprint density at radius 3 is 3.05 bits per heavy atom. The van der Waals surface area contributed by atoms with Gasteiger partial charge in [-0.15, -0.1) is 0 Å². The molecule has 1 heterocycles. The van der Waals surface area contributed by atoms with E-state index in [0.29, 0.717) is 0 Å². The molecule has 1 atom stereocenters. The van der Waals surface area contributed by atoms with Crippen molar-refractivity contribution in [1.29, 1.82) is 0 Å². The highest BCUT2D eigenvalue weighted by Crippen LogP contribution is 2.33. The van der Waals surface area contributed by atoms with E-state index in [4.69, 9.17) is 4.74 Å². The molecule has 0 spiro atoms. The summed E-state index contributed by atoms with van der Waals surface area (Å²) in [7, 11) is 0. The van der Waals surface area contributed by atoms with Crippen LogP contribution in [-0.4, -0.2) is 11.2 Å². The second-order valence-corrected chi connectivity index (χ2v) is 5.17. The lowest BCUT2D eigenvalue weighted by Crippen LogP contribution is -2.15. The molecule has 1 aliphatic heterocycles. The average molecular weight is 254 g/mol. The van der Waals surface area contributed by atoms with Crippen molar-refractivity contribution in [3.05, 3.63) is 64.8 Å². The maximum Gasteiger partial charge on any atom is 0.125 e. The highest BCUT2D eigenvalue weighted by atomic mass is 16.5. The summed E-state index contributed by atoms with van der Waals surface area (Å²) in [6.45, 7) is 2.19. The van der Waals surface area contributed by atoms with Crippen LogP contribution < -0.4 is 4.74 Å². The molecule has 2 aliphatic rings. The molecule has 0 aromatic heterocycles. The third kappa shape index (κ3) is 2.49. The van der Waals surface area contributed by atoms with Crippen molar-refractivity contribution in [2.24, 2.45) is 0 Å². The number of hydrogen-bond acceptors (Lipinski definition) is 2. The number of benzene rings is 1. The molecule has 0 amide bonds. The van der Waals surface area contributed by atoms with Gasteiger partial charge in [0, 0.05) is 6.42 Å². The Morgan fingerprint density at radius 2 is 2.21 bits per heavy atom. The van der Waals surface area contributed by atoms with Crippen LogP contribution in [0.3, 0.4) is 0 Å². The van der Waals surface area contributed by atoms with Gasteiger partial charge in [0.15, 0.2) is 0 Å². The van der Waals surface area contributed by atoms with Crippen molar-refractivity contribution >= 4 is 0 Å². The first-order valence-corrected chi connectivity index (χ1v) is 6.69. The van der Waals surface area contributed by atoms with E-state index in [-0.39, 0.29) is 12.7 Å². The average Bonchev–Trinajstić information content (AvgIpc) is 2.73. The van der Waals surface area contributed by atoms with Gasteiger partial charge in [-0.3, -0.25) is 0 Å². The van der Waals surface area contributed by atoms with Gasteiger partial charge in [0.25, 0.3) is 0 Å². The molecule has 1 aromatic carbocycles. The summed E-state index contributed by atoms with van der Waals surface area (Å²) in [6, 6.07) is 5.94. The fourth-order valence-corrected chi connectivity index (χ4v) is 2.59. The highest BCUT2D eigenvalue weighted by molar-refractivity contribution is 5.43. The van der Waals surface area contributed by atoms with Crippen molar-refractivity contribution in [1.82, 2.24) is 0 Å². The molecule has 1 N–H and O–H groups in total. The predicted molar refractivity (Wildman–Crippen MR) is 76.1 cm³/mol. The molecule has 19 heavy (non-hydrogen) atoms. The van der Waals surface area contributed by atoms with E-state index in [0.717, 1.165) is 24.2 Å². The molecule has 2 nitrogen and oxygen atoms in total. The second kappa shape index (κ2) is 5.06. The molecule has 3 rings (SSSR count). The molecule has 1 aliphatic carbocycles. The van der Waals surface area contributed by atoms with Gasteiger partial charge in [-0.05, 0) is 42.2 Å². The molecule has 0 saturated heterocycles. The predicted octanol–water partition coefficient (Wildman–Crippen LogP) is 3.32. The Morgan fingerprint density at radius 1 is 1.32 bits per heavy atom. The molecule has 1 aromatic rings. The van der Waals surface area contributed by atoms with E-state index in [1.54, 1.807) is 0 Å². The normalized spacial score (nSPS) is 21.3. The minimum Gasteiger partial charge on any atom is -0.485 e. The number of rotatable bonds is 2. The van der Waals surface area contributed by atoms with Crippen LogP contribution in [0.1, 0.15) is 24.5 Å². The smallest absolute Gasteiger partial charge is 0.125 e. The molecule has 2 heteroatoms. The van der Waals surface area contributed by atoms with Crippen molar-refractivity contribution in [3.63, 3.8) is 0 Å². The Labute approximate surface area is 113 Å². The SMILES string of the molecule is CC1=CC=C(C2Cc3cc(CO)ccc3O2)CC=C1. The Kier molecular flexibility index (Phi) is 3.26. The summed E-state index contributed by atoms with van der Waals surface area (Å²) in [5.41, 5.74) is 4.74. The molecular weight excluding hydrogens is 236 g/mol. The maximum absolute atomic E-state index is 9.18. The number of aliphatic hydroxyl groups excluding tert-OH is 1. The second-order valence-electron chi connectivity index (χ2n) is 5.17. The molecular formula is C17H18O2. The molecule has 0 fully saturated rings. The van der Waals surface area contributed by atoms with Gasteiger partial charge in [0.2, 0.25) is 0 Å². The first-order valence-electron chi connectivity index (χ1n) is 6.69. The monoisotopic (exact) mass is 254 g/mol. The number of fused-ring (bicyclic) bond motifs is 1. The van der Waals surface area contributed by atoms with Crippen LogP contribution in [0.2, 0.25) is 0 Å². The fourth-order valence-electron chi connectivity index (χ4n) is 2.59. The van der Waals surface area contributed by atoms with Crippen molar-refractivity contribution in [2.45, 2.75) is 32.5 Å². The number of ether oxygens (including phenoxy) is 1. The van der Waals surface area contributed by atoms with Crippen LogP contribution >= 0.6 is 0 Å². The zero-order valence-electron chi connectivity index (χ0n) is 11.1. The quantitative estimate of drug-likeness (QED) is 0.877. The van der Waals surface area contributed by atoms with Crippen molar-refractivity contribution in [3.8, 4) is 5.75 Å². The van der Waals surface area contributed by atoms with Gasteiger partial charge < -0.3 is 9.84 Å². The lowest BCUT2D eigenvalue weighted by Gasteiger charge is -2.13. The number of hydrogen-bond donors (Lipinski definition) is 1.